The van der Waals surface area contributed by atoms with Gasteiger partial charge in [-0.3, -0.25) is 19.1 Å². The Kier molecular flexibility index (Phi) is 11.5. The lowest BCUT2D eigenvalue weighted by atomic mass is 9.83. The zero-order valence-corrected chi connectivity index (χ0v) is 34.6. The van der Waals surface area contributed by atoms with Gasteiger partial charge < -0.3 is 34.5 Å². The fraction of sp³-hybridized carbons (Fsp3) is 0.605. The van der Waals surface area contributed by atoms with Gasteiger partial charge in [-0.05, 0) is 82.6 Å². The number of carbonyl (C=O) groups is 4. The minimum Gasteiger partial charge on any atom is -0.496 e. The van der Waals surface area contributed by atoms with E-state index in [1.807, 2.05) is 25.1 Å². The predicted octanol–water partition coefficient (Wildman–Crippen LogP) is 4.92. The maximum Gasteiger partial charge on any atom is 0.408 e. The van der Waals surface area contributed by atoms with E-state index in [0.717, 1.165) is 37.7 Å². The third-order valence-corrected chi connectivity index (χ3v) is 14.8. The predicted molar refractivity (Wildman–Crippen MR) is 218 cm³/mol. The Balaban J connectivity index is 1.18. The number of nitrogens with one attached hydrogen (secondary N) is 3. The molecule has 0 radical (unpaired) electrons. The van der Waals surface area contributed by atoms with E-state index in [1.54, 1.807) is 13.2 Å². The molecule has 3 heterocycles. The minimum absolute atomic E-state index is 0.0155. The second kappa shape index (κ2) is 16.7. The average Bonchev–Trinajstić information content (AvgIpc) is 4.12. The first-order valence-corrected chi connectivity index (χ1v) is 22.7. The molecule has 2 aromatic rings. The number of carbonyl (C=O) groups excluding carboxylic acids is 4. The van der Waals surface area contributed by atoms with Crippen LogP contribution in [0.15, 0.2) is 36.9 Å². The Morgan fingerprint density at radius 3 is 2.54 bits per heavy atom. The highest BCUT2D eigenvalue weighted by Gasteiger charge is 2.62. The Bertz CT molecular complexity index is 2140. The van der Waals surface area contributed by atoms with Gasteiger partial charge in [0.15, 0.2) is 0 Å². The van der Waals surface area contributed by atoms with Crippen LogP contribution in [-0.2, 0) is 29.1 Å². The van der Waals surface area contributed by atoms with Crippen molar-refractivity contribution < 1.29 is 46.5 Å². The van der Waals surface area contributed by atoms with Crippen LogP contribution in [0.25, 0.3) is 17.0 Å². The molecule has 4 aliphatic carbocycles. The van der Waals surface area contributed by atoms with Gasteiger partial charge in [-0.1, -0.05) is 37.5 Å². The van der Waals surface area contributed by atoms with Crippen LogP contribution in [-0.4, -0.2) is 97.5 Å². The van der Waals surface area contributed by atoms with Crippen molar-refractivity contribution in [1.82, 2.24) is 25.2 Å². The first kappa shape index (κ1) is 40.9. The topological polar surface area (TPSA) is 192 Å². The van der Waals surface area contributed by atoms with Crippen molar-refractivity contribution in [2.75, 3.05) is 20.3 Å². The molecule has 7 atom stereocenters. The number of fused-ring (bicyclic) bond motifs is 4. The third-order valence-electron chi connectivity index (χ3n) is 13.0. The molecular formula is C43H55N5O10S. The molecule has 3 N–H and O–H groups in total. The molecule has 6 aliphatic rings. The van der Waals surface area contributed by atoms with Crippen LogP contribution in [0.3, 0.4) is 0 Å². The van der Waals surface area contributed by atoms with Gasteiger partial charge in [0.05, 0.1) is 31.0 Å². The fourth-order valence-electron chi connectivity index (χ4n) is 9.54. The standard InChI is InChI=1S/C43H55N5O10S/c1-4-28-23-43(28,41(51)47-59(53,54)30-17-18-30)46-39(49)33-20-29-24-48(33)40(50)38(26-11-7-6-8-12-26)45-42(52)58-34-16-10-14-25(34)13-9-15-27-19-31-32(21-35(27)55-3)44-37(56-5-2)22-36(31)57-29/h4,9,15,19,21-22,25-26,28-30,33-34,38H,1,5-8,10-14,16-18,20,23-24H2,2-3H3,(H,45,52)(H,46,49)(H,47,51)/b15-9+/t25-,28+,29-,33+,34+,38+,43-/m1/s1. The highest BCUT2D eigenvalue weighted by molar-refractivity contribution is 7.91. The molecule has 5 fully saturated rings. The van der Waals surface area contributed by atoms with Crippen LogP contribution < -0.4 is 29.6 Å². The Labute approximate surface area is 345 Å². The molecule has 16 heteroatoms. The molecule has 15 nitrogen and oxygen atoms in total. The Hall–Kier alpha value is -4.86. The minimum atomic E-state index is -3.91. The fourth-order valence-corrected chi connectivity index (χ4v) is 10.9. The van der Waals surface area contributed by atoms with E-state index < -0.39 is 68.7 Å². The van der Waals surface area contributed by atoms with E-state index in [4.69, 9.17) is 23.9 Å². The molecule has 1 aromatic heterocycles. The molecule has 4 saturated carbocycles. The van der Waals surface area contributed by atoms with E-state index in [-0.39, 0.29) is 37.3 Å². The maximum atomic E-state index is 15.0. The molecule has 0 spiro atoms. The van der Waals surface area contributed by atoms with Gasteiger partial charge in [0, 0.05) is 35.4 Å². The summed E-state index contributed by atoms with van der Waals surface area (Å²) in [5.74, 6) is -1.18. The van der Waals surface area contributed by atoms with Gasteiger partial charge in [-0.25, -0.2) is 18.2 Å². The maximum absolute atomic E-state index is 15.0. The number of nitrogens with zero attached hydrogens (tertiary/aromatic N) is 2. The second-order valence-electron chi connectivity index (χ2n) is 17.0. The summed E-state index contributed by atoms with van der Waals surface area (Å²) in [6.45, 7) is 6.01. The van der Waals surface area contributed by atoms with E-state index in [2.05, 4.69) is 28.0 Å². The van der Waals surface area contributed by atoms with Crippen LogP contribution in [0.4, 0.5) is 4.79 Å². The second-order valence-corrected chi connectivity index (χ2v) is 18.9. The quantitative estimate of drug-likeness (QED) is 0.276. The molecule has 4 bridgehead atoms. The van der Waals surface area contributed by atoms with Crippen molar-refractivity contribution in [1.29, 1.82) is 0 Å². The number of rotatable bonds is 10. The van der Waals surface area contributed by atoms with Crippen LogP contribution in [0, 0.1) is 17.8 Å². The van der Waals surface area contributed by atoms with Gasteiger partial charge in [-0.2, -0.15) is 0 Å². The zero-order chi connectivity index (χ0) is 41.5. The first-order valence-electron chi connectivity index (χ1n) is 21.2. The number of aromatic nitrogens is 1. The number of pyridine rings is 1. The summed E-state index contributed by atoms with van der Waals surface area (Å²) in [6, 6.07) is 3.35. The molecular weight excluding hydrogens is 779 g/mol. The monoisotopic (exact) mass is 833 g/mol. The molecule has 8 rings (SSSR count). The van der Waals surface area contributed by atoms with Crippen molar-refractivity contribution in [3.05, 3.63) is 42.5 Å². The number of methoxy groups -OCH3 is 1. The number of hydrogen-bond acceptors (Lipinski definition) is 11. The van der Waals surface area contributed by atoms with Gasteiger partial charge in [0.1, 0.15) is 41.3 Å². The zero-order valence-electron chi connectivity index (χ0n) is 33.8. The molecule has 318 valence electrons. The smallest absolute Gasteiger partial charge is 0.408 e. The number of ether oxygens (including phenoxy) is 4. The van der Waals surface area contributed by atoms with E-state index >= 15 is 4.79 Å². The molecule has 0 unspecified atom stereocenters. The summed E-state index contributed by atoms with van der Waals surface area (Å²) in [6.07, 6.45) is 12.4. The summed E-state index contributed by atoms with van der Waals surface area (Å²) in [5.41, 5.74) is -0.202. The Morgan fingerprint density at radius 2 is 1.83 bits per heavy atom. The summed E-state index contributed by atoms with van der Waals surface area (Å²) < 4.78 is 52.3. The molecule has 59 heavy (non-hydrogen) atoms. The first-order chi connectivity index (χ1) is 28.4. The van der Waals surface area contributed by atoms with Crippen molar-refractivity contribution in [3.8, 4) is 17.4 Å². The molecule has 1 aromatic carbocycles. The number of amides is 4. The number of allylic oxidation sites excluding steroid dienone is 1. The normalized spacial score (nSPS) is 30.5. The van der Waals surface area contributed by atoms with Crippen LogP contribution in [0.5, 0.6) is 17.4 Å². The highest BCUT2D eigenvalue weighted by Crippen LogP contribution is 2.46. The lowest BCUT2D eigenvalue weighted by Gasteiger charge is -2.35. The molecule has 1 saturated heterocycles. The SMILES string of the molecule is C=C[C@H]1C[C@]1(NC(=O)[C@@H]1C[C@@H]2CN1C(=O)[C@H](C1CCCCC1)NC(=O)O[C@H]1CCC[C@H]1C/C=C/c1cc3c(cc(OCC)nc3cc1OC)O2)C(=O)NS(=O)(=O)C1CC1. The van der Waals surface area contributed by atoms with Gasteiger partial charge in [-0.15, -0.1) is 6.58 Å². The van der Waals surface area contributed by atoms with E-state index in [0.29, 0.717) is 73.4 Å². The number of sulfonamides is 1. The summed E-state index contributed by atoms with van der Waals surface area (Å²) in [4.78, 5) is 63.3. The van der Waals surface area contributed by atoms with Crippen LogP contribution >= 0.6 is 0 Å². The molecule has 2 aliphatic heterocycles. The number of alkyl carbamates (subject to hydrolysis) is 1. The summed E-state index contributed by atoms with van der Waals surface area (Å²) in [5, 5.41) is 5.86. The summed E-state index contributed by atoms with van der Waals surface area (Å²) in [7, 11) is -2.32. The van der Waals surface area contributed by atoms with Gasteiger partial charge >= 0.3 is 6.09 Å². The highest BCUT2D eigenvalue weighted by atomic mass is 32.2. The van der Waals surface area contributed by atoms with E-state index in [1.165, 1.54) is 11.0 Å². The Morgan fingerprint density at radius 1 is 1.05 bits per heavy atom. The van der Waals surface area contributed by atoms with Gasteiger partial charge in [0.2, 0.25) is 27.7 Å². The summed E-state index contributed by atoms with van der Waals surface area (Å²) >= 11 is 0. The molecule has 4 amide bonds. The van der Waals surface area contributed by atoms with Crippen molar-refractivity contribution >= 4 is 50.8 Å². The van der Waals surface area contributed by atoms with Crippen molar-refractivity contribution in [2.24, 2.45) is 17.8 Å². The van der Waals surface area contributed by atoms with E-state index in [9.17, 15) is 22.8 Å². The number of hydrogen-bond donors (Lipinski definition) is 3. The third kappa shape index (κ3) is 8.46. The average molecular weight is 834 g/mol. The van der Waals surface area contributed by atoms with Crippen molar-refractivity contribution in [3.63, 3.8) is 0 Å². The van der Waals surface area contributed by atoms with Gasteiger partial charge in [0.25, 0.3) is 5.91 Å². The largest absolute Gasteiger partial charge is 0.496 e. The van der Waals surface area contributed by atoms with Crippen molar-refractivity contribution in [2.45, 2.75) is 125 Å². The lowest BCUT2D eigenvalue weighted by molar-refractivity contribution is -0.142. The number of benzene rings is 1. The van der Waals surface area contributed by atoms with Crippen LogP contribution in [0.2, 0.25) is 0 Å². The van der Waals surface area contributed by atoms with Crippen LogP contribution in [0.1, 0.15) is 96.0 Å². The lowest BCUT2D eigenvalue weighted by Crippen LogP contribution is -2.59.